The summed E-state index contributed by atoms with van der Waals surface area (Å²) in [5.41, 5.74) is 2.28. The van der Waals surface area contributed by atoms with Gasteiger partial charge in [-0.2, -0.15) is 0 Å². The van der Waals surface area contributed by atoms with Crippen LogP contribution in [0.5, 0.6) is 0 Å². The average Bonchev–Trinajstić information content (AvgIpc) is 2.84. The lowest BCUT2D eigenvalue weighted by Gasteiger charge is -2.25. The SMILES string of the molecule is COC(=O)[C@@H](c1ccccc1)N1Cc2cc(Br)ccc2C1=O. The third-order valence-electron chi connectivity index (χ3n) is 3.75. The first-order valence-electron chi connectivity index (χ1n) is 6.84. The van der Waals surface area contributed by atoms with Crippen molar-refractivity contribution in [3.8, 4) is 0 Å². The van der Waals surface area contributed by atoms with Crippen LogP contribution in [-0.4, -0.2) is 23.9 Å². The molecule has 112 valence electrons. The Morgan fingerprint density at radius 2 is 1.95 bits per heavy atom. The normalized spacial score (nSPS) is 14.6. The number of fused-ring (bicyclic) bond motifs is 1. The molecule has 0 aliphatic carbocycles. The number of hydrogen-bond donors (Lipinski definition) is 0. The molecule has 1 heterocycles. The van der Waals surface area contributed by atoms with Gasteiger partial charge in [0.25, 0.3) is 5.91 Å². The maximum absolute atomic E-state index is 12.6. The van der Waals surface area contributed by atoms with Crippen LogP contribution >= 0.6 is 15.9 Å². The molecule has 1 amide bonds. The number of hydrogen-bond acceptors (Lipinski definition) is 3. The van der Waals surface area contributed by atoms with Crippen molar-refractivity contribution in [2.75, 3.05) is 7.11 Å². The van der Waals surface area contributed by atoms with E-state index in [-0.39, 0.29) is 5.91 Å². The summed E-state index contributed by atoms with van der Waals surface area (Å²) in [6.07, 6.45) is 0. The second-order valence-corrected chi connectivity index (χ2v) is 5.99. The highest BCUT2D eigenvalue weighted by atomic mass is 79.9. The van der Waals surface area contributed by atoms with Crippen LogP contribution in [0.1, 0.15) is 27.5 Å². The molecule has 0 unspecified atom stereocenters. The Kier molecular flexibility index (Phi) is 3.98. The Hall–Kier alpha value is -2.14. The van der Waals surface area contributed by atoms with Crippen molar-refractivity contribution in [1.29, 1.82) is 0 Å². The van der Waals surface area contributed by atoms with Gasteiger partial charge in [0.05, 0.1) is 7.11 Å². The number of rotatable bonds is 3. The molecule has 0 radical (unpaired) electrons. The number of benzene rings is 2. The van der Waals surface area contributed by atoms with E-state index in [0.29, 0.717) is 12.1 Å². The van der Waals surface area contributed by atoms with E-state index < -0.39 is 12.0 Å². The van der Waals surface area contributed by atoms with Gasteiger partial charge in [-0.3, -0.25) is 4.79 Å². The summed E-state index contributed by atoms with van der Waals surface area (Å²) in [4.78, 5) is 26.4. The van der Waals surface area contributed by atoms with Gasteiger partial charge in [-0.1, -0.05) is 46.3 Å². The second-order valence-electron chi connectivity index (χ2n) is 5.07. The molecule has 0 spiro atoms. The zero-order valence-corrected chi connectivity index (χ0v) is 13.5. The van der Waals surface area contributed by atoms with Crippen LogP contribution in [0.25, 0.3) is 0 Å². The van der Waals surface area contributed by atoms with Gasteiger partial charge in [0.1, 0.15) is 0 Å². The first kappa shape index (κ1) is 14.8. The number of amides is 1. The monoisotopic (exact) mass is 359 g/mol. The molecule has 5 heteroatoms. The molecule has 22 heavy (non-hydrogen) atoms. The highest BCUT2D eigenvalue weighted by molar-refractivity contribution is 9.10. The van der Waals surface area contributed by atoms with Crippen LogP contribution in [0, 0.1) is 0 Å². The van der Waals surface area contributed by atoms with Crippen LogP contribution in [0.15, 0.2) is 53.0 Å². The van der Waals surface area contributed by atoms with Crippen molar-refractivity contribution in [3.63, 3.8) is 0 Å². The van der Waals surface area contributed by atoms with Crippen LogP contribution in [0.3, 0.4) is 0 Å². The van der Waals surface area contributed by atoms with Gasteiger partial charge in [0.15, 0.2) is 6.04 Å². The number of methoxy groups -OCH3 is 1. The summed E-state index contributed by atoms with van der Waals surface area (Å²) in [6, 6.07) is 14.0. The predicted octanol–water partition coefficient (Wildman–Crippen LogP) is 3.32. The minimum atomic E-state index is -0.732. The van der Waals surface area contributed by atoms with E-state index in [9.17, 15) is 9.59 Å². The highest BCUT2D eigenvalue weighted by Crippen LogP contribution is 2.33. The highest BCUT2D eigenvalue weighted by Gasteiger charge is 2.37. The topological polar surface area (TPSA) is 46.6 Å². The van der Waals surface area contributed by atoms with Crippen LogP contribution < -0.4 is 0 Å². The van der Waals surface area contributed by atoms with Gasteiger partial charge in [-0.25, -0.2) is 4.79 Å². The van der Waals surface area contributed by atoms with Crippen LogP contribution in [0.4, 0.5) is 0 Å². The molecular weight excluding hydrogens is 346 g/mol. The van der Waals surface area contributed by atoms with E-state index in [2.05, 4.69) is 15.9 Å². The fraction of sp³-hybridized carbons (Fsp3) is 0.176. The van der Waals surface area contributed by atoms with Crippen molar-refractivity contribution < 1.29 is 14.3 Å². The third-order valence-corrected chi connectivity index (χ3v) is 4.24. The lowest BCUT2D eigenvalue weighted by molar-refractivity contribution is -0.146. The van der Waals surface area contributed by atoms with Crippen molar-refractivity contribution in [3.05, 3.63) is 69.7 Å². The number of nitrogens with zero attached hydrogens (tertiary/aromatic N) is 1. The standard InChI is InChI=1S/C17H14BrNO3/c1-22-17(21)15(11-5-3-2-4-6-11)19-10-12-9-13(18)7-8-14(12)16(19)20/h2-9,15H,10H2,1H3/t15-/m1/s1. The molecule has 0 fully saturated rings. The molecule has 1 atom stereocenters. The molecule has 0 N–H and O–H groups in total. The maximum atomic E-state index is 12.6. The molecule has 0 saturated heterocycles. The number of halogens is 1. The fourth-order valence-corrected chi connectivity index (χ4v) is 3.12. The van der Waals surface area contributed by atoms with Crippen molar-refractivity contribution in [2.45, 2.75) is 12.6 Å². The van der Waals surface area contributed by atoms with E-state index >= 15 is 0 Å². The van der Waals surface area contributed by atoms with Crippen LogP contribution in [-0.2, 0) is 16.1 Å². The summed E-state index contributed by atoms with van der Waals surface area (Å²) in [5, 5.41) is 0. The minimum Gasteiger partial charge on any atom is -0.467 e. The fourth-order valence-electron chi connectivity index (χ4n) is 2.71. The van der Waals surface area contributed by atoms with Gasteiger partial charge < -0.3 is 9.64 Å². The maximum Gasteiger partial charge on any atom is 0.333 e. The van der Waals surface area contributed by atoms with E-state index in [0.717, 1.165) is 15.6 Å². The van der Waals surface area contributed by atoms with Crippen molar-refractivity contribution in [1.82, 2.24) is 4.90 Å². The first-order valence-corrected chi connectivity index (χ1v) is 7.63. The summed E-state index contributed by atoms with van der Waals surface area (Å²) >= 11 is 3.41. The molecule has 3 rings (SSSR count). The molecule has 0 aromatic heterocycles. The molecule has 0 bridgehead atoms. The average molecular weight is 360 g/mol. The lowest BCUT2D eigenvalue weighted by Crippen LogP contribution is -2.35. The van der Waals surface area contributed by atoms with Gasteiger partial charge in [-0.05, 0) is 29.3 Å². The Bertz CT molecular complexity index is 730. The Labute approximate surface area is 136 Å². The van der Waals surface area contributed by atoms with E-state index in [1.54, 1.807) is 11.0 Å². The molecule has 2 aromatic carbocycles. The lowest BCUT2D eigenvalue weighted by atomic mass is 10.1. The third kappa shape index (κ3) is 2.52. The summed E-state index contributed by atoms with van der Waals surface area (Å²) < 4.78 is 5.82. The van der Waals surface area contributed by atoms with Gasteiger partial charge >= 0.3 is 5.97 Å². The van der Waals surface area contributed by atoms with E-state index in [1.807, 2.05) is 42.5 Å². The van der Waals surface area contributed by atoms with Gasteiger partial charge in [0.2, 0.25) is 0 Å². The molecule has 4 nitrogen and oxygen atoms in total. The largest absolute Gasteiger partial charge is 0.467 e. The second kappa shape index (κ2) is 5.93. The van der Waals surface area contributed by atoms with E-state index in [4.69, 9.17) is 4.74 Å². The zero-order chi connectivity index (χ0) is 15.7. The number of esters is 1. The number of carbonyl (C=O) groups excluding carboxylic acids is 2. The van der Waals surface area contributed by atoms with Crippen molar-refractivity contribution in [2.24, 2.45) is 0 Å². The summed E-state index contributed by atoms with van der Waals surface area (Å²) in [5.74, 6) is -0.590. The molecule has 2 aromatic rings. The van der Waals surface area contributed by atoms with Gasteiger partial charge in [-0.15, -0.1) is 0 Å². The number of ether oxygens (including phenoxy) is 1. The van der Waals surface area contributed by atoms with E-state index in [1.165, 1.54) is 7.11 Å². The van der Waals surface area contributed by atoms with Crippen LogP contribution in [0.2, 0.25) is 0 Å². The Morgan fingerprint density at radius 1 is 1.23 bits per heavy atom. The quantitative estimate of drug-likeness (QED) is 0.789. The first-order chi connectivity index (χ1) is 10.6. The zero-order valence-electron chi connectivity index (χ0n) is 12.0. The minimum absolute atomic E-state index is 0.151. The number of carbonyl (C=O) groups is 2. The summed E-state index contributed by atoms with van der Waals surface area (Å²) in [7, 11) is 1.34. The van der Waals surface area contributed by atoms with Crippen molar-refractivity contribution >= 4 is 27.8 Å². The molecule has 1 aliphatic heterocycles. The predicted molar refractivity (Wildman–Crippen MR) is 85.2 cm³/mol. The smallest absolute Gasteiger partial charge is 0.333 e. The Balaban J connectivity index is 2.01. The molecule has 1 aliphatic rings. The molecular formula is C17H14BrNO3. The molecule has 0 saturated carbocycles. The summed E-state index contributed by atoms with van der Waals surface area (Å²) in [6.45, 7) is 0.391. The van der Waals surface area contributed by atoms with Gasteiger partial charge in [0, 0.05) is 16.6 Å². The Morgan fingerprint density at radius 3 is 2.64 bits per heavy atom.